The number of nitrogens with zero attached hydrogens (tertiary/aromatic N) is 2. The quantitative estimate of drug-likeness (QED) is 0.774. The summed E-state index contributed by atoms with van der Waals surface area (Å²) in [5.74, 6) is -0.743. The summed E-state index contributed by atoms with van der Waals surface area (Å²) in [5, 5.41) is 2.87. The minimum Gasteiger partial charge on any atom is -0.325 e. The van der Waals surface area contributed by atoms with Crippen LogP contribution in [-0.4, -0.2) is 48.4 Å². The average molecular weight is 412 g/mol. The maximum Gasteiger partial charge on any atom is 0.263 e. The fourth-order valence-corrected chi connectivity index (χ4v) is 3.44. The fraction of sp³-hybridized carbons (Fsp3) is 0.350. The molecule has 0 aromatic heterocycles. The second-order valence-corrected chi connectivity index (χ2v) is 7.24. The van der Waals surface area contributed by atoms with Crippen LogP contribution in [0.15, 0.2) is 42.5 Å². The second kappa shape index (κ2) is 9.41. The van der Waals surface area contributed by atoms with E-state index in [-0.39, 0.29) is 23.0 Å². The molecular weight excluding hydrogens is 391 g/mol. The monoisotopic (exact) mass is 411 g/mol. The summed E-state index contributed by atoms with van der Waals surface area (Å²) in [4.78, 5) is 16.3. The number of halogens is 4. The number of hydrogen-bond acceptors (Lipinski definition) is 3. The Morgan fingerprint density at radius 2 is 1.79 bits per heavy atom. The van der Waals surface area contributed by atoms with E-state index < -0.39 is 12.2 Å². The van der Waals surface area contributed by atoms with Gasteiger partial charge < -0.3 is 5.32 Å². The third-order valence-electron chi connectivity index (χ3n) is 4.59. The summed E-state index contributed by atoms with van der Waals surface area (Å²) in [5.41, 5.74) is 1.21. The Kier molecular flexibility index (Phi) is 6.93. The summed E-state index contributed by atoms with van der Waals surface area (Å²) in [6.07, 6.45) is -2.47. The Hall–Kier alpha value is -2.09. The summed E-state index contributed by atoms with van der Waals surface area (Å²) in [6.45, 7) is 3.64. The first kappa shape index (κ1) is 20.6. The number of carbonyl (C=O) groups excluding carboxylic acids is 1. The molecule has 0 radical (unpaired) electrons. The van der Waals surface area contributed by atoms with Gasteiger partial charge in [-0.3, -0.25) is 14.6 Å². The van der Waals surface area contributed by atoms with Gasteiger partial charge in [0.1, 0.15) is 5.82 Å². The summed E-state index contributed by atoms with van der Waals surface area (Å²) in [6, 6.07) is 10.3. The van der Waals surface area contributed by atoms with Crippen molar-refractivity contribution >= 4 is 23.2 Å². The zero-order valence-electron chi connectivity index (χ0n) is 15.2. The van der Waals surface area contributed by atoms with Gasteiger partial charge in [-0.2, -0.15) is 0 Å². The van der Waals surface area contributed by atoms with E-state index in [9.17, 15) is 18.0 Å². The van der Waals surface area contributed by atoms with Crippen LogP contribution in [0, 0.1) is 5.82 Å². The van der Waals surface area contributed by atoms with Gasteiger partial charge in [-0.1, -0.05) is 29.8 Å². The first-order valence-corrected chi connectivity index (χ1v) is 9.34. The van der Waals surface area contributed by atoms with Crippen LogP contribution in [0.2, 0.25) is 5.02 Å². The lowest BCUT2D eigenvalue weighted by Crippen LogP contribution is -2.48. The van der Waals surface area contributed by atoms with E-state index in [4.69, 9.17) is 11.6 Å². The number of benzene rings is 2. The Morgan fingerprint density at radius 3 is 2.46 bits per heavy atom. The molecular formula is C20H21ClF3N3O. The highest BCUT2D eigenvalue weighted by molar-refractivity contribution is 6.30. The van der Waals surface area contributed by atoms with E-state index in [0.717, 1.165) is 18.7 Å². The molecule has 0 saturated carbocycles. The molecule has 28 heavy (non-hydrogen) atoms. The van der Waals surface area contributed by atoms with E-state index >= 15 is 0 Å². The number of carbonyl (C=O) groups is 1. The van der Waals surface area contributed by atoms with Crippen LogP contribution in [0.25, 0.3) is 0 Å². The van der Waals surface area contributed by atoms with Crippen LogP contribution >= 0.6 is 11.6 Å². The minimum absolute atomic E-state index is 0.0326. The van der Waals surface area contributed by atoms with Crippen molar-refractivity contribution in [3.63, 3.8) is 0 Å². The molecule has 8 heteroatoms. The molecule has 1 saturated heterocycles. The molecule has 4 nitrogen and oxygen atoms in total. The van der Waals surface area contributed by atoms with Gasteiger partial charge in [0.15, 0.2) is 0 Å². The van der Waals surface area contributed by atoms with Crippen LogP contribution in [-0.2, 0) is 11.3 Å². The Morgan fingerprint density at radius 1 is 1.07 bits per heavy atom. The highest BCUT2D eigenvalue weighted by atomic mass is 35.5. The third kappa shape index (κ3) is 5.95. The zero-order valence-corrected chi connectivity index (χ0v) is 15.9. The molecule has 0 unspecified atom stereocenters. The number of piperazine rings is 1. The minimum atomic E-state index is -2.47. The van der Waals surface area contributed by atoms with Crippen LogP contribution in [0.4, 0.5) is 18.9 Å². The number of nitrogens with one attached hydrogen (secondary N) is 1. The molecule has 0 aliphatic carbocycles. The van der Waals surface area contributed by atoms with E-state index in [2.05, 4.69) is 10.2 Å². The summed E-state index contributed by atoms with van der Waals surface area (Å²) in [7, 11) is 0. The molecule has 1 aliphatic heterocycles. The van der Waals surface area contributed by atoms with Gasteiger partial charge >= 0.3 is 0 Å². The van der Waals surface area contributed by atoms with Gasteiger partial charge in [-0.05, 0) is 29.8 Å². The van der Waals surface area contributed by atoms with Crippen molar-refractivity contribution in [2.24, 2.45) is 0 Å². The first-order chi connectivity index (χ1) is 13.4. The lowest BCUT2D eigenvalue weighted by atomic mass is 10.1. The average Bonchev–Trinajstić information content (AvgIpc) is 2.62. The molecule has 1 aliphatic rings. The SMILES string of the molecule is O=C(CN1CCN(Cc2cccc(C(F)F)c2)CC1)Nc1cc(F)cc(Cl)c1. The van der Waals surface area contributed by atoms with Crippen molar-refractivity contribution in [1.29, 1.82) is 0 Å². The summed E-state index contributed by atoms with van der Waals surface area (Å²) >= 11 is 5.79. The Balaban J connectivity index is 1.46. The normalized spacial score (nSPS) is 15.8. The Bertz CT molecular complexity index is 806. The van der Waals surface area contributed by atoms with Gasteiger partial charge in [0.2, 0.25) is 5.91 Å². The second-order valence-electron chi connectivity index (χ2n) is 6.80. The number of rotatable bonds is 6. The fourth-order valence-electron chi connectivity index (χ4n) is 3.22. The van der Waals surface area contributed by atoms with Crippen molar-refractivity contribution < 1.29 is 18.0 Å². The molecule has 1 heterocycles. The topological polar surface area (TPSA) is 35.6 Å². The van der Waals surface area contributed by atoms with Crippen LogP contribution in [0.1, 0.15) is 17.6 Å². The van der Waals surface area contributed by atoms with Gasteiger partial charge in [0.05, 0.1) is 6.54 Å². The third-order valence-corrected chi connectivity index (χ3v) is 4.81. The van der Waals surface area contributed by atoms with Crippen molar-refractivity contribution in [2.75, 3.05) is 38.0 Å². The molecule has 0 atom stereocenters. The lowest BCUT2D eigenvalue weighted by molar-refractivity contribution is -0.117. The predicted molar refractivity (Wildman–Crippen MR) is 103 cm³/mol. The number of hydrogen-bond donors (Lipinski definition) is 1. The van der Waals surface area contributed by atoms with Crippen LogP contribution in [0.5, 0.6) is 0 Å². The molecule has 2 aromatic rings. The van der Waals surface area contributed by atoms with Gasteiger partial charge in [-0.25, -0.2) is 13.2 Å². The molecule has 1 amide bonds. The van der Waals surface area contributed by atoms with Gasteiger partial charge in [0.25, 0.3) is 6.43 Å². The molecule has 0 spiro atoms. The standard InChI is InChI=1S/C20H21ClF3N3O/c21-16-9-17(22)11-18(10-16)25-19(28)13-27-6-4-26(5-7-27)12-14-2-1-3-15(8-14)20(23)24/h1-3,8-11,20H,4-7,12-13H2,(H,25,28). The maximum absolute atomic E-state index is 13.3. The zero-order chi connectivity index (χ0) is 20.1. The van der Waals surface area contributed by atoms with Crippen LogP contribution in [0.3, 0.4) is 0 Å². The molecule has 2 aromatic carbocycles. The highest BCUT2D eigenvalue weighted by Crippen LogP contribution is 2.21. The number of amides is 1. The van der Waals surface area contributed by atoms with Gasteiger partial charge in [-0.15, -0.1) is 0 Å². The predicted octanol–water partition coefficient (Wildman–Crippen LogP) is 4.17. The number of alkyl halides is 2. The van der Waals surface area contributed by atoms with Crippen LogP contribution < -0.4 is 5.32 Å². The summed E-state index contributed by atoms with van der Waals surface area (Å²) < 4.78 is 39.0. The molecule has 0 bridgehead atoms. The lowest BCUT2D eigenvalue weighted by Gasteiger charge is -2.34. The van der Waals surface area contributed by atoms with Gasteiger partial charge in [0, 0.05) is 49.0 Å². The molecule has 1 fully saturated rings. The van der Waals surface area contributed by atoms with E-state index in [1.165, 1.54) is 30.3 Å². The molecule has 1 N–H and O–H groups in total. The van der Waals surface area contributed by atoms with Crippen molar-refractivity contribution in [1.82, 2.24) is 9.80 Å². The maximum atomic E-state index is 13.3. The van der Waals surface area contributed by atoms with Crippen molar-refractivity contribution in [2.45, 2.75) is 13.0 Å². The first-order valence-electron chi connectivity index (χ1n) is 8.97. The van der Waals surface area contributed by atoms with E-state index in [0.29, 0.717) is 25.3 Å². The molecule has 3 rings (SSSR count). The highest BCUT2D eigenvalue weighted by Gasteiger charge is 2.19. The van der Waals surface area contributed by atoms with Crippen molar-refractivity contribution in [3.8, 4) is 0 Å². The molecule has 150 valence electrons. The Labute approximate surface area is 166 Å². The largest absolute Gasteiger partial charge is 0.325 e. The smallest absolute Gasteiger partial charge is 0.263 e. The van der Waals surface area contributed by atoms with Crippen molar-refractivity contribution in [3.05, 3.63) is 64.4 Å². The number of anilines is 1. The van der Waals surface area contributed by atoms with E-state index in [1.54, 1.807) is 6.07 Å². The van der Waals surface area contributed by atoms with E-state index in [1.807, 2.05) is 11.0 Å².